The molecule has 0 saturated carbocycles. The molecule has 0 amide bonds. The molecule has 2 heteroatoms. The Labute approximate surface area is 98.1 Å². The molecule has 0 radical (unpaired) electrons. The fourth-order valence-electron chi connectivity index (χ4n) is 1.91. The summed E-state index contributed by atoms with van der Waals surface area (Å²) in [5, 5.41) is 10.0. The number of Topliss-reactive ketones (excluding diaryl/α,β-unsaturated/α-hetero) is 1. The van der Waals surface area contributed by atoms with Crippen molar-refractivity contribution in [1.29, 1.82) is 0 Å². The molecule has 1 N–H and O–H groups in total. The van der Waals surface area contributed by atoms with Crippen molar-refractivity contribution in [2.24, 2.45) is 10.8 Å². The molecule has 0 aromatic rings. The Kier molecular flexibility index (Phi) is 3.17. The Morgan fingerprint density at radius 3 is 1.88 bits per heavy atom. The lowest BCUT2D eigenvalue weighted by Crippen LogP contribution is -2.36. The van der Waals surface area contributed by atoms with Gasteiger partial charge >= 0.3 is 0 Å². The molecular weight excluding hydrogens is 200 g/mol. The summed E-state index contributed by atoms with van der Waals surface area (Å²) >= 11 is 0. The number of hydrogen-bond donors (Lipinski definition) is 1. The van der Waals surface area contributed by atoms with E-state index in [4.69, 9.17) is 0 Å². The van der Waals surface area contributed by atoms with Gasteiger partial charge in [0.15, 0.2) is 5.78 Å². The van der Waals surface area contributed by atoms with Crippen LogP contribution in [-0.2, 0) is 4.79 Å². The molecular formula is C14H22O2. The van der Waals surface area contributed by atoms with Gasteiger partial charge in [-0.05, 0) is 16.4 Å². The minimum absolute atomic E-state index is 0.153. The maximum Gasteiger partial charge on any atom is 0.192 e. The number of allylic oxidation sites excluding steroid dienone is 2. The van der Waals surface area contributed by atoms with Gasteiger partial charge in [-0.3, -0.25) is 4.79 Å². The van der Waals surface area contributed by atoms with E-state index in [0.29, 0.717) is 5.57 Å². The van der Waals surface area contributed by atoms with Crippen molar-refractivity contribution < 1.29 is 9.90 Å². The molecule has 0 fully saturated rings. The summed E-state index contributed by atoms with van der Waals surface area (Å²) in [6.07, 6.45) is 2.78. The molecule has 1 rings (SSSR count). The standard InChI is InChI=1S/C14H22O2/c1-13(2,3)9-7-8-10(14(4,5)6)12(16)11(9)15/h7-8,11,15H,1-6H3. The van der Waals surface area contributed by atoms with Crippen molar-refractivity contribution in [3.63, 3.8) is 0 Å². The molecule has 1 unspecified atom stereocenters. The van der Waals surface area contributed by atoms with E-state index in [1.54, 1.807) is 0 Å². The highest BCUT2D eigenvalue weighted by molar-refractivity contribution is 6.03. The van der Waals surface area contributed by atoms with Gasteiger partial charge in [0.2, 0.25) is 0 Å². The number of aliphatic hydroxyl groups excluding tert-OH is 1. The average Bonchev–Trinajstić information content (AvgIpc) is 2.05. The van der Waals surface area contributed by atoms with Crippen LogP contribution in [0.4, 0.5) is 0 Å². The summed E-state index contributed by atoms with van der Waals surface area (Å²) in [7, 11) is 0. The van der Waals surface area contributed by atoms with Crippen LogP contribution in [0.5, 0.6) is 0 Å². The third kappa shape index (κ3) is 2.43. The van der Waals surface area contributed by atoms with Crippen molar-refractivity contribution in [2.45, 2.75) is 47.6 Å². The van der Waals surface area contributed by atoms with Gasteiger partial charge in [-0.2, -0.15) is 0 Å². The third-order valence-electron chi connectivity index (χ3n) is 2.91. The van der Waals surface area contributed by atoms with Gasteiger partial charge in [0.05, 0.1) is 0 Å². The van der Waals surface area contributed by atoms with Crippen LogP contribution in [0.15, 0.2) is 23.3 Å². The Bertz CT molecular complexity index is 359. The smallest absolute Gasteiger partial charge is 0.192 e. The summed E-state index contributed by atoms with van der Waals surface area (Å²) in [4.78, 5) is 12.1. The molecule has 1 aliphatic rings. The van der Waals surface area contributed by atoms with Gasteiger partial charge in [-0.1, -0.05) is 53.7 Å². The topological polar surface area (TPSA) is 37.3 Å². The van der Waals surface area contributed by atoms with Gasteiger partial charge in [0.25, 0.3) is 0 Å². The Morgan fingerprint density at radius 1 is 1.00 bits per heavy atom. The summed E-state index contributed by atoms with van der Waals surface area (Å²) in [6, 6.07) is 0. The summed E-state index contributed by atoms with van der Waals surface area (Å²) in [6.45, 7) is 12.0. The zero-order chi connectivity index (χ0) is 12.7. The fraction of sp³-hybridized carbons (Fsp3) is 0.643. The molecule has 0 saturated heterocycles. The van der Waals surface area contributed by atoms with Crippen molar-refractivity contribution in [3.05, 3.63) is 23.3 Å². The molecule has 16 heavy (non-hydrogen) atoms. The molecule has 0 aromatic heterocycles. The first-order chi connectivity index (χ1) is 7.05. The van der Waals surface area contributed by atoms with E-state index < -0.39 is 6.10 Å². The SMILES string of the molecule is CC(C)(C)C1=CC=C(C(C)(C)C)C(O)C1=O. The average molecular weight is 222 g/mol. The van der Waals surface area contributed by atoms with Gasteiger partial charge in [-0.25, -0.2) is 0 Å². The molecule has 0 bridgehead atoms. The van der Waals surface area contributed by atoms with Crippen molar-refractivity contribution in [1.82, 2.24) is 0 Å². The zero-order valence-corrected chi connectivity index (χ0v) is 11.1. The van der Waals surface area contributed by atoms with Crippen LogP contribution >= 0.6 is 0 Å². The fourth-order valence-corrected chi connectivity index (χ4v) is 1.91. The van der Waals surface area contributed by atoms with E-state index >= 15 is 0 Å². The van der Waals surface area contributed by atoms with Crippen molar-refractivity contribution >= 4 is 5.78 Å². The molecule has 0 aliphatic heterocycles. The summed E-state index contributed by atoms with van der Waals surface area (Å²) < 4.78 is 0. The van der Waals surface area contributed by atoms with Crippen LogP contribution < -0.4 is 0 Å². The number of rotatable bonds is 0. The van der Waals surface area contributed by atoms with E-state index in [-0.39, 0.29) is 16.6 Å². The monoisotopic (exact) mass is 222 g/mol. The molecule has 1 atom stereocenters. The maximum atomic E-state index is 12.1. The van der Waals surface area contributed by atoms with Crippen LogP contribution in [0.25, 0.3) is 0 Å². The van der Waals surface area contributed by atoms with E-state index in [9.17, 15) is 9.90 Å². The predicted molar refractivity (Wildman–Crippen MR) is 66.1 cm³/mol. The number of carbonyl (C=O) groups excluding carboxylic acids is 1. The highest BCUT2D eigenvalue weighted by Gasteiger charge is 2.36. The Balaban J connectivity index is 3.20. The van der Waals surface area contributed by atoms with Crippen LogP contribution in [0.2, 0.25) is 0 Å². The largest absolute Gasteiger partial charge is 0.380 e. The molecule has 0 aromatic carbocycles. The van der Waals surface area contributed by atoms with E-state index in [0.717, 1.165) is 5.57 Å². The van der Waals surface area contributed by atoms with Gasteiger partial charge < -0.3 is 5.11 Å². The lowest BCUT2D eigenvalue weighted by molar-refractivity contribution is -0.123. The van der Waals surface area contributed by atoms with Crippen LogP contribution in [0.3, 0.4) is 0 Å². The normalized spacial score (nSPS) is 22.9. The van der Waals surface area contributed by atoms with Gasteiger partial charge in [0.1, 0.15) is 6.10 Å². The minimum atomic E-state index is -0.973. The lowest BCUT2D eigenvalue weighted by Gasteiger charge is -2.32. The third-order valence-corrected chi connectivity index (χ3v) is 2.91. The highest BCUT2D eigenvalue weighted by Crippen LogP contribution is 2.36. The maximum absolute atomic E-state index is 12.1. The molecule has 90 valence electrons. The van der Waals surface area contributed by atoms with E-state index in [1.165, 1.54) is 0 Å². The molecule has 0 spiro atoms. The molecule has 0 heterocycles. The van der Waals surface area contributed by atoms with Crippen molar-refractivity contribution in [2.75, 3.05) is 0 Å². The minimum Gasteiger partial charge on any atom is -0.380 e. The number of carbonyl (C=O) groups is 1. The molecule has 2 nitrogen and oxygen atoms in total. The Hall–Kier alpha value is -0.890. The summed E-state index contributed by atoms with van der Waals surface area (Å²) in [5.41, 5.74) is 1.12. The number of hydrogen-bond acceptors (Lipinski definition) is 2. The number of aliphatic hydroxyl groups is 1. The van der Waals surface area contributed by atoms with Crippen LogP contribution in [0.1, 0.15) is 41.5 Å². The zero-order valence-electron chi connectivity index (χ0n) is 11.1. The van der Waals surface area contributed by atoms with Crippen molar-refractivity contribution in [3.8, 4) is 0 Å². The van der Waals surface area contributed by atoms with E-state index in [2.05, 4.69) is 0 Å². The highest BCUT2D eigenvalue weighted by atomic mass is 16.3. The van der Waals surface area contributed by atoms with Gasteiger partial charge in [-0.15, -0.1) is 0 Å². The predicted octanol–water partition coefficient (Wildman–Crippen LogP) is 2.88. The van der Waals surface area contributed by atoms with Crippen LogP contribution in [-0.4, -0.2) is 17.0 Å². The summed E-state index contributed by atoms with van der Waals surface area (Å²) in [5.74, 6) is -0.153. The first-order valence-corrected chi connectivity index (χ1v) is 5.70. The first-order valence-electron chi connectivity index (χ1n) is 5.70. The quantitative estimate of drug-likeness (QED) is 0.684. The second-order valence-electron chi connectivity index (χ2n) is 6.47. The van der Waals surface area contributed by atoms with Gasteiger partial charge in [0, 0.05) is 5.57 Å². The second kappa shape index (κ2) is 3.85. The Morgan fingerprint density at radius 2 is 1.50 bits per heavy atom. The first kappa shape index (κ1) is 13.2. The lowest BCUT2D eigenvalue weighted by atomic mass is 9.73. The second-order valence-corrected chi connectivity index (χ2v) is 6.47. The molecule has 1 aliphatic carbocycles. The van der Waals surface area contributed by atoms with Crippen LogP contribution in [0, 0.1) is 10.8 Å². The number of ketones is 1. The van der Waals surface area contributed by atoms with E-state index in [1.807, 2.05) is 53.7 Å².